The number of hydrogen-bond acceptors (Lipinski definition) is 7. The van der Waals surface area contributed by atoms with E-state index in [9.17, 15) is 18.0 Å². The first kappa shape index (κ1) is 20.3. The molecule has 0 aliphatic rings. The molecule has 30 heavy (non-hydrogen) atoms. The molecule has 0 unspecified atom stereocenters. The summed E-state index contributed by atoms with van der Waals surface area (Å²) in [7, 11) is 0. The van der Waals surface area contributed by atoms with Crippen molar-refractivity contribution in [2.45, 2.75) is 25.6 Å². The van der Waals surface area contributed by atoms with Gasteiger partial charge in [0.25, 0.3) is 0 Å². The maximum absolute atomic E-state index is 13.0. The van der Waals surface area contributed by atoms with Crippen molar-refractivity contribution in [2.24, 2.45) is 0 Å². The Morgan fingerprint density at radius 3 is 2.90 bits per heavy atom. The van der Waals surface area contributed by atoms with Crippen LogP contribution in [0.1, 0.15) is 23.7 Å². The molecule has 1 N–H and O–H groups in total. The summed E-state index contributed by atoms with van der Waals surface area (Å²) in [4.78, 5) is 16.3. The van der Waals surface area contributed by atoms with Gasteiger partial charge >= 0.3 is 6.18 Å². The number of rotatable bonds is 6. The van der Waals surface area contributed by atoms with Crippen LogP contribution in [0.4, 0.5) is 13.2 Å². The van der Waals surface area contributed by atoms with Gasteiger partial charge in [-0.15, -0.1) is 10.2 Å². The largest absolute Gasteiger partial charge is 0.417 e. The van der Waals surface area contributed by atoms with Crippen LogP contribution in [0.15, 0.2) is 33.6 Å². The number of nitrogens with one attached hydrogen (secondary N) is 1. The van der Waals surface area contributed by atoms with Gasteiger partial charge in [-0.2, -0.15) is 29.5 Å². The molecule has 0 aromatic carbocycles. The molecule has 0 fully saturated rings. The highest BCUT2D eigenvalue weighted by Gasteiger charge is 2.32. The third kappa shape index (κ3) is 4.28. The molecule has 0 radical (unpaired) electrons. The van der Waals surface area contributed by atoms with E-state index in [4.69, 9.17) is 16.1 Å². The molecule has 156 valence electrons. The number of aromatic nitrogens is 5. The number of nitrogens with zero attached hydrogens (tertiary/aromatic N) is 5. The van der Waals surface area contributed by atoms with Gasteiger partial charge in [-0.3, -0.25) is 9.20 Å². The number of aryl methyl sites for hydroxylation is 1. The van der Waals surface area contributed by atoms with Crippen molar-refractivity contribution in [1.82, 2.24) is 30.1 Å². The fourth-order valence-corrected chi connectivity index (χ4v) is 3.51. The number of carbonyl (C=O) groups excluding carboxylic acids is 1. The summed E-state index contributed by atoms with van der Waals surface area (Å²) in [6.45, 7) is -0.123. The molecule has 0 atom stereocenters. The number of alkyl halides is 3. The fraction of sp³-hybridized carbons (Fsp3) is 0.235. The second kappa shape index (κ2) is 8.03. The van der Waals surface area contributed by atoms with Gasteiger partial charge in [0, 0.05) is 30.0 Å². The van der Waals surface area contributed by atoms with E-state index >= 15 is 0 Å². The van der Waals surface area contributed by atoms with Gasteiger partial charge < -0.3 is 9.84 Å². The van der Waals surface area contributed by atoms with E-state index in [-0.39, 0.29) is 41.8 Å². The van der Waals surface area contributed by atoms with Crippen molar-refractivity contribution >= 4 is 34.5 Å². The first-order chi connectivity index (χ1) is 14.3. The van der Waals surface area contributed by atoms with E-state index in [2.05, 4.69) is 25.7 Å². The molecule has 8 nitrogen and oxygen atoms in total. The van der Waals surface area contributed by atoms with Crippen LogP contribution in [0.3, 0.4) is 0 Å². The Labute approximate surface area is 175 Å². The molecule has 0 bridgehead atoms. The number of thiophene rings is 1. The minimum Gasteiger partial charge on any atom is -0.349 e. The van der Waals surface area contributed by atoms with Crippen molar-refractivity contribution in [2.75, 3.05) is 0 Å². The van der Waals surface area contributed by atoms with Gasteiger partial charge in [0.05, 0.1) is 17.1 Å². The van der Waals surface area contributed by atoms with E-state index in [1.807, 2.05) is 16.8 Å². The van der Waals surface area contributed by atoms with E-state index < -0.39 is 11.7 Å². The highest BCUT2D eigenvalue weighted by Crippen LogP contribution is 2.32. The second-order valence-electron chi connectivity index (χ2n) is 6.18. The fourth-order valence-electron chi connectivity index (χ4n) is 2.63. The van der Waals surface area contributed by atoms with Gasteiger partial charge in [-0.05, 0) is 17.5 Å². The first-order valence-corrected chi connectivity index (χ1v) is 9.85. The standard InChI is InChI=1S/C17H12ClF3N6O2S/c18-11-5-10(17(19,20)21)7-27-12(24-25-16(11)27)6-22-13(28)1-2-14-23-15(26-29-14)9-3-4-30-8-9/h3-5,7-8H,1-2,6H2,(H,22,28). The lowest BCUT2D eigenvalue weighted by atomic mass is 10.2. The molecule has 0 aliphatic heterocycles. The topological polar surface area (TPSA) is 98.2 Å². The van der Waals surface area contributed by atoms with Crippen LogP contribution in [0.2, 0.25) is 5.02 Å². The Morgan fingerprint density at radius 1 is 1.33 bits per heavy atom. The summed E-state index contributed by atoms with van der Waals surface area (Å²) < 4.78 is 45.2. The van der Waals surface area contributed by atoms with Gasteiger partial charge in [0.1, 0.15) is 0 Å². The van der Waals surface area contributed by atoms with Crippen molar-refractivity contribution < 1.29 is 22.5 Å². The molecular weight excluding hydrogens is 445 g/mol. The van der Waals surface area contributed by atoms with Crippen LogP contribution in [-0.4, -0.2) is 30.6 Å². The zero-order valence-electron chi connectivity index (χ0n) is 15.0. The Bertz CT molecular complexity index is 1190. The van der Waals surface area contributed by atoms with Crippen LogP contribution in [0.25, 0.3) is 17.0 Å². The molecule has 4 rings (SSSR count). The third-order valence-electron chi connectivity index (χ3n) is 4.11. The van der Waals surface area contributed by atoms with Crippen molar-refractivity contribution in [1.29, 1.82) is 0 Å². The number of hydrogen-bond donors (Lipinski definition) is 1. The van der Waals surface area contributed by atoms with Gasteiger partial charge in [-0.1, -0.05) is 16.8 Å². The summed E-state index contributed by atoms with van der Waals surface area (Å²) in [5.41, 5.74) is -0.0408. The number of amides is 1. The molecule has 4 heterocycles. The molecule has 0 saturated heterocycles. The maximum atomic E-state index is 13.0. The third-order valence-corrected chi connectivity index (χ3v) is 5.08. The number of fused-ring (bicyclic) bond motifs is 1. The summed E-state index contributed by atoms with van der Waals surface area (Å²) in [6, 6.07) is 2.63. The van der Waals surface area contributed by atoms with Gasteiger partial charge in [0.15, 0.2) is 11.5 Å². The highest BCUT2D eigenvalue weighted by atomic mass is 35.5. The Morgan fingerprint density at radius 2 is 2.17 bits per heavy atom. The zero-order valence-corrected chi connectivity index (χ0v) is 16.6. The molecule has 4 aromatic rings. The average Bonchev–Trinajstić information content (AvgIpc) is 3.43. The van der Waals surface area contributed by atoms with Crippen LogP contribution in [-0.2, 0) is 23.9 Å². The zero-order chi connectivity index (χ0) is 21.3. The summed E-state index contributed by atoms with van der Waals surface area (Å²) in [5, 5.41) is 17.6. The lowest BCUT2D eigenvalue weighted by molar-refractivity contribution is -0.137. The Hall–Kier alpha value is -2.99. The first-order valence-electron chi connectivity index (χ1n) is 8.53. The molecular formula is C17H12ClF3N6O2S. The van der Waals surface area contributed by atoms with Gasteiger partial charge in [0.2, 0.25) is 17.6 Å². The van der Waals surface area contributed by atoms with E-state index in [1.165, 1.54) is 11.3 Å². The van der Waals surface area contributed by atoms with E-state index in [1.54, 1.807) is 0 Å². The molecule has 4 aromatic heterocycles. The minimum absolute atomic E-state index is 0.0521. The Kier molecular flexibility index (Phi) is 5.43. The van der Waals surface area contributed by atoms with Crippen LogP contribution >= 0.6 is 22.9 Å². The number of halogens is 4. The summed E-state index contributed by atoms with van der Waals surface area (Å²) in [6.07, 6.45) is -3.47. The summed E-state index contributed by atoms with van der Waals surface area (Å²) >= 11 is 7.37. The molecule has 13 heteroatoms. The quantitative estimate of drug-likeness (QED) is 0.474. The summed E-state index contributed by atoms with van der Waals surface area (Å²) in [5.74, 6) is 0.504. The van der Waals surface area contributed by atoms with Crippen LogP contribution < -0.4 is 5.32 Å². The lowest BCUT2D eigenvalue weighted by Gasteiger charge is -2.09. The predicted molar refractivity (Wildman–Crippen MR) is 101 cm³/mol. The lowest BCUT2D eigenvalue weighted by Crippen LogP contribution is -2.24. The van der Waals surface area contributed by atoms with E-state index in [0.717, 1.165) is 22.2 Å². The molecule has 0 spiro atoms. The van der Waals surface area contributed by atoms with Crippen LogP contribution in [0, 0.1) is 0 Å². The maximum Gasteiger partial charge on any atom is 0.417 e. The Balaban J connectivity index is 1.38. The monoisotopic (exact) mass is 456 g/mol. The van der Waals surface area contributed by atoms with Crippen LogP contribution in [0.5, 0.6) is 0 Å². The smallest absolute Gasteiger partial charge is 0.349 e. The second-order valence-corrected chi connectivity index (χ2v) is 7.37. The molecule has 0 aliphatic carbocycles. The molecule has 0 saturated carbocycles. The average molecular weight is 457 g/mol. The van der Waals surface area contributed by atoms with Crippen molar-refractivity contribution in [3.8, 4) is 11.4 Å². The SMILES string of the molecule is O=C(CCc1nc(-c2ccsc2)no1)NCc1nnc2c(Cl)cc(C(F)(F)F)cn12. The van der Waals surface area contributed by atoms with E-state index in [0.29, 0.717) is 11.7 Å². The number of pyridine rings is 1. The van der Waals surface area contributed by atoms with Crippen molar-refractivity contribution in [3.05, 3.63) is 51.4 Å². The predicted octanol–water partition coefficient (Wildman–Crippen LogP) is 3.76. The molecule has 1 amide bonds. The number of carbonyl (C=O) groups is 1. The van der Waals surface area contributed by atoms with Gasteiger partial charge in [-0.25, -0.2) is 0 Å². The minimum atomic E-state index is -4.57. The highest BCUT2D eigenvalue weighted by molar-refractivity contribution is 7.08. The van der Waals surface area contributed by atoms with Crippen molar-refractivity contribution in [3.63, 3.8) is 0 Å². The normalized spacial score (nSPS) is 11.9.